The lowest BCUT2D eigenvalue weighted by Gasteiger charge is -2.31. The van der Waals surface area contributed by atoms with Gasteiger partial charge in [-0.05, 0) is 146 Å². The predicted octanol–water partition coefficient (Wildman–Crippen LogP) is 21.5. The van der Waals surface area contributed by atoms with E-state index in [0.717, 1.165) is 118 Å². The Labute approximate surface area is 657 Å². The Balaban J connectivity index is 0.000000167. The van der Waals surface area contributed by atoms with E-state index >= 15 is 0 Å². The molecule has 3 heterocycles. The van der Waals surface area contributed by atoms with E-state index in [4.69, 9.17) is 9.47 Å². The number of aromatic hydroxyl groups is 2. The third-order valence-corrected chi connectivity index (χ3v) is 22.3. The van der Waals surface area contributed by atoms with Gasteiger partial charge in [0.15, 0.2) is 17.3 Å². The average Bonchev–Trinajstić information content (AvgIpc) is 0.736. The number of unbranched alkanes of at least 4 members (excludes halogenated alkanes) is 8. The molecule has 0 fully saturated rings. The van der Waals surface area contributed by atoms with Crippen molar-refractivity contribution >= 4 is 85.1 Å². The second-order valence-corrected chi connectivity index (χ2v) is 29.6. The van der Waals surface area contributed by atoms with Gasteiger partial charge in [0.1, 0.15) is 23.0 Å². The van der Waals surface area contributed by atoms with Crippen LogP contribution >= 0.6 is 0 Å². The number of methoxy groups -OCH3 is 1. The van der Waals surface area contributed by atoms with Crippen molar-refractivity contribution in [2.24, 2.45) is 17.8 Å². The first kappa shape index (κ1) is 81.6. The summed E-state index contributed by atoms with van der Waals surface area (Å²) in [4.78, 5) is 127. The molecule has 0 bridgehead atoms. The van der Waals surface area contributed by atoms with Crippen LogP contribution in [0.1, 0.15) is 274 Å². The summed E-state index contributed by atoms with van der Waals surface area (Å²) in [5.41, 5.74) is 5.82. The molecule has 0 saturated heterocycles. The van der Waals surface area contributed by atoms with Crippen LogP contribution in [0, 0.1) is 17.8 Å². The molecule has 3 unspecified atom stereocenters. The molecule has 112 heavy (non-hydrogen) atoms. The predicted molar refractivity (Wildman–Crippen MR) is 442 cm³/mol. The number of nitrogens with zero attached hydrogens (tertiary/aromatic N) is 3. The van der Waals surface area contributed by atoms with Gasteiger partial charge in [-0.3, -0.25) is 57.9 Å². The van der Waals surface area contributed by atoms with Crippen LogP contribution in [0.5, 0.6) is 23.0 Å². The van der Waals surface area contributed by atoms with Gasteiger partial charge in [-0.15, -0.1) is 0 Å². The van der Waals surface area contributed by atoms with Crippen LogP contribution in [0.25, 0.3) is 43.4 Å². The fourth-order valence-electron chi connectivity index (χ4n) is 15.8. The molecule has 10 aromatic rings. The van der Waals surface area contributed by atoms with E-state index in [9.17, 15) is 53.4 Å². The minimum absolute atomic E-state index is 0.0677. The van der Waals surface area contributed by atoms with Crippen LogP contribution in [0.2, 0.25) is 0 Å². The highest BCUT2D eigenvalue weighted by Crippen LogP contribution is 2.45. The molecule has 3 aliphatic rings. The van der Waals surface area contributed by atoms with Crippen LogP contribution in [0.3, 0.4) is 0 Å². The molecule has 16 heteroatoms. The maximum atomic E-state index is 13.8. The van der Waals surface area contributed by atoms with Gasteiger partial charge in [-0.25, -0.2) is 0 Å². The first-order valence-electron chi connectivity index (χ1n) is 40.2. The smallest absolute Gasteiger partial charge is 0.261 e. The van der Waals surface area contributed by atoms with Crippen molar-refractivity contribution in [3.63, 3.8) is 0 Å². The standard InChI is InChI=1S/C34H31NO5.C34H43NO3.C28H29NO5/c1-3-5-11-21(4-2)20-35-33(39)26-18-16-24(31(37)22-12-7-6-8-13-22)29-25(17-19-27(30(26)29)34(35)40)32(38)23-14-9-10-15-28(23)36;1-4-7-9-10-11-15-23-38-30-22-21-29-31-28(20-19-27(32(30)31)26-17-13-12-14-18-26)33(36)35(34(29)37)24-25(6-3)16-8-5-2;1-4-6-9-17(5-2)16-29-27(32)20-13-12-19(26(31)18-10-7-8-11-22(18)30)25-23(34-3)15-14-21(24(20)25)28(29)33/h6-10,12-19,21,36H,3-5,11,20H2,1-2H3;12-14,17-22,25H,4-11,15-16,23-24H2,1-3H3;7-8,10-15,17,30H,4-6,9,16H2,1-3H3. The number of carbonyl (C=O) groups excluding carboxylic acids is 9. The summed E-state index contributed by atoms with van der Waals surface area (Å²) in [6.45, 7) is 16.7. The van der Waals surface area contributed by atoms with Gasteiger partial charge in [-0.2, -0.15) is 0 Å². The number of phenolic OH excluding ortho intramolecular Hbond substituents is 2. The van der Waals surface area contributed by atoms with E-state index in [0.29, 0.717) is 81.9 Å². The average molecular weight is 1510 g/mol. The number of phenols is 2. The Morgan fingerprint density at radius 1 is 0.321 bits per heavy atom. The number of hydrogen-bond acceptors (Lipinski definition) is 13. The summed E-state index contributed by atoms with van der Waals surface area (Å²) in [7, 11) is 1.48. The summed E-state index contributed by atoms with van der Waals surface area (Å²) >= 11 is 0. The highest BCUT2D eigenvalue weighted by Gasteiger charge is 2.40. The largest absolute Gasteiger partial charge is 0.507 e. The minimum atomic E-state index is -0.503. The quantitative estimate of drug-likeness (QED) is 0.0218. The summed E-state index contributed by atoms with van der Waals surface area (Å²) in [6, 6.07) is 51.8. The van der Waals surface area contributed by atoms with Crippen molar-refractivity contribution in [1.82, 2.24) is 14.7 Å². The Morgan fingerprint density at radius 2 is 0.661 bits per heavy atom. The number of ether oxygens (including phenoxy) is 2. The molecule has 13 rings (SSSR count). The maximum absolute atomic E-state index is 13.8. The van der Waals surface area contributed by atoms with E-state index in [2.05, 4.69) is 60.6 Å². The lowest BCUT2D eigenvalue weighted by molar-refractivity contribution is 0.0565. The monoisotopic (exact) mass is 1510 g/mol. The Hall–Kier alpha value is -11.4. The highest BCUT2D eigenvalue weighted by atomic mass is 16.5. The molecule has 580 valence electrons. The Morgan fingerprint density at radius 3 is 1.08 bits per heavy atom. The fraction of sp³-hybridized carbons (Fsp3) is 0.344. The van der Waals surface area contributed by atoms with E-state index in [1.807, 2.05) is 42.5 Å². The SMILES string of the molecule is CCCCC(CC)CN1C(=O)c2ccc(C(=O)c3ccccc3)c3c(C(=O)c4ccccc4O)ccc(c23)C1=O.CCCCC(CC)CN1C(=O)c2ccc(OC)c3c(C(=O)c4ccccc4O)ccc(c23)C1=O.CCCCCCCCOc1ccc2c3c(ccc(-c4ccccc4)c13)C(=O)N(CC(CC)CCCC)C2=O. The summed E-state index contributed by atoms with van der Waals surface area (Å²) < 4.78 is 11.9. The fourth-order valence-corrected chi connectivity index (χ4v) is 15.8. The molecule has 0 spiro atoms. The van der Waals surface area contributed by atoms with Crippen molar-refractivity contribution < 1.29 is 62.8 Å². The van der Waals surface area contributed by atoms with E-state index in [-0.39, 0.29) is 97.1 Å². The number of amides is 6. The topological polar surface area (TPSA) is 222 Å². The normalized spacial score (nSPS) is 13.7. The van der Waals surface area contributed by atoms with Gasteiger partial charge in [0.25, 0.3) is 35.4 Å². The number of hydrogen-bond donors (Lipinski definition) is 2. The molecule has 0 saturated carbocycles. The Kier molecular flexibility index (Phi) is 27.7. The van der Waals surface area contributed by atoms with Crippen molar-refractivity contribution in [3.05, 3.63) is 249 Å². The number of imide groups is 3. The number of carbonyl (C=O) groups is 9. The molecule has 0 aliphatic carbocycles. The number of benzene rings is 10. The minimum Gasteiger partial charge on any atom is -0.507 e. The zero-order chi connectivity index (χ0) is 79.7. The summed E-state index contributed by atoms with van der Waals surface area (Å²) in [5.74, 6) is -1.61. The van der Waals surface area contributed by atoms with Crippen molar-refractivity contribution in [2.45, 2.75) is 164 Å². The van der Waals surface area contributed by atoms with Gasteiger partial charge >= 0.3 is 0 Å². The van der Waals surface area contributed by atoms with Crippen LogP contribution in [0.15, 0.2) is 182 Å². The molecule has 0 aromatic heterocycles. The molecule has 6 amide bonds. The van der Waals surface area contributed by atoms with Crippen molar-refractivity contribution in [1.29, 1.82) is 0 Å². The van der Waals surface area contributed by atoms with Crippen LogP contribution in [0.4, 0.5) is 0 Å². The van der Waals surface area contributed by atoms with Gasteiger partial charge in [0, 0.05) is 108 Å². The summed E-state index contributed by atoms with van der Waals surface area (Å²) in [6.07, 6.45) is 19.2. The van der Waals surface area contributed by atoms with Crippen LogP contribution in [-0.2, 0) is 0 Å². The molecular weight excluding hydrogens is 1400 g/mol. The van der Waals surface area contributed by atoms with E-state index in [1.165, 1.54) is 71.8 Å². The first-order valence-corrected chi connectivity index (χ1v) is 40.2. The van der Waals surface area contributed by atoms with Crippen molar-refractivity contribution in [2.75, 3.05) is 33.4 Å². The zero-order valence-electron chi connectivity index (χ0n) is 65.8. The molecule has 3 aliphatic heterocycles. The first-order chi connectivity index (χ1) is 54.4. The molecular formula is C96H103N3O13. The second kappa shape index (κ2) is 38.0. The highest BCUT2D eigenvalue weighted by molar-refractivity contribution is 6.34. The van der Waals surface area contributed by atoms with E-state index < -0.39 is 23.4 Å². The lowest BCUT2D eigenvalue weighted by atomic mass is 9.84. The van der Waals surface area contributed by atoms with Gasteiger partial charge in [0.05, 0.1) is 24.8 Å². The molecule has 10 aromatic carbocycles. The second-order valence-electron chi connectivity index (χ2n) is 29.6. The van der Waals surface area contributed by atoms with Gasteiger partial charge in [0.2, 0.25) is 0 Å². The number of rotatable bonds is 34. The molecule has 3 atom stereocenters. The van der Waals surface area contributed by atoms with Crippen molar-refractivity contribution in [3.8, 4) is 34.1 Å². The molecule has 0 radical (unpaired) electrons. The third-order valence-electron chi connectivity index (χ3n) is 22.3. The Bertz CT molecular complexity index is 5090. The lowest BCUT2D eigenvalue weighted by Crippen LogP contribution is -2.43. The molecule has 2 N–H and O–H groups in total. The maximum Gasteiger partial charge on any atom is 0.261 e. The third kappa shape index (κ3) is 17.2. The van der Waals surface area contributed by atoms with E-state index in [1.54, 1.807) is 103 Å². The number of para-hydroxylation sites is 2. The van der Waals surface area contributed by atoms with Gasteiger partial charge < -0.3 is 19.7 Å². The van der Waals surface area contributed by atoms with Crippen LogP contribution in [-0.4, -0.2) is 111 Å². The van der Waals surface area contributed by atoms with Crippen LogP contribution < -0.4 is 9.47 Å². The van der Waals surface area contributed by atoms with Gasteiger partial charge in [-0.1, -0.05) is 229 Å². The molecule has 16 nitrogen and oxygen atoms in total. The zero-order valence-corrected chi connectivity index (χ0v) is 65.8. The number of ketones is 3. The summed E-state index contributed by atoms with van der Waals surface area (Å²) in [5, 5.41) is 23.6.